The van der Waals surface area contributed by atoms with Gasteiger partial charge in [0, 0.05) is 84.1 Å². The Bertz CT molecular complexity index is 3880. The Balaban J connectivity index is 0.000000251. The maximum absolute atomic E-state index is 12.1. The van der Waals surface area contributed by atoms with Crippen molar-refractivity contribution >= 4 is 207 Å². The van der Waals surface area contributed by atoms with Crippen LogP contribution in [0.4, 0.5) is 0 Å². The van der Waals surface area contributed by atoms with Crippen LogP contribution in [0.2, 0.25) is 0 Å². The number of carbonyl (C=O) groups is 9. The van der Waals surface area contributed by atoms with Gasteiger partial charge in [0.1, 0.15) is 85.1 Å². The minimum absolute atomic E-state index is 0.0175. The van der Waals surface area contributed by atoms with E-state index < -0.39 is 30.2 Å². The summed E-state index contributed by atoms with van der Waals surface area (Å²) in [7, 11) is 0. The molecule has 0 bridgehead atoms. The number of nitrogens with zero attached hydrogens (tertiary/aromatic N) is 9. The fourth-order valence-corrected chi connectivity index (χ4v) is 16.2. The van der Waals surface area contributed by atoms with E-state index in [1.165, 1.54) is 5.56 Å². The normalized spacial score (nSPS) is 26.0. The van der Waals surface area contributed by atoms with Crippen LogP contribution in [0.25, 0.3) is 0 Å². The van der Waals surface area contributed by atoms with E-state index in [1.54, 1.807) is 16.7 Å². The van der Waals surface area contributed by atoms with Crippen LogP contribution in [0.5, 0.6) is 0 Å². The lowest BCUT2D eigenvalue weighted by atomic mass is 9.88. The smallest absolute Gasteiger partial charge is 0.249 e. The van der Waals surface area contributed by atoms with Crippen LogP contribution in [0.1, 0.15) is 119 Å². The number of thiol groups is 8. The lowest BCUT2D eigenvalue weighted by Crippen LogP contribution is -2.62. The van der Waals surface area contributed by atoms with Crippen LogP contribution in [0.15, 0.2) is 95.6 Å². The SMILES string of the molecule is CC(C)[C@H]1NC(=O)[C@H](CS)CC1=O.CCOC1=N[C@@H](CS)C(OCC)=NC1.CCOC1=N[C@@H](CSC)C(=O)N2CCC[C@H]12.CCOC1=N[C@H](C(C)C)C(OCC)=N[C@H]1CS.CCOC1=N[C@H](Cc2ccccc2)C(OCC)=N[C@H]1CS.O=C1N[C@@H](CS)C(=O)N2CCC[C@H]12.O=C1N[C@H](CS)C(=O)N[C@H]1CS.O=C1N[C@H](Cc2ccccc2)C(=O)N[C@H]1CS. The third-order valence-electron chi connectivity index (χ3n) is 19.7. The predicted octanol–water partition coefficient (Wildman–Crippen LogP) is 6.32. The van der Waals surface area contributed by atoms with Crippen molar-refractivity contribution in [1.82, 2.24) is 41.7 Å². The van der Waals surface area contributed by atoms with E-state index in [4.69, 9.17) is 38.2 Å². The number of ketones is 1. The highest BCUT2D eigenvalue weighted by atomic mass is 32.2. The van der Waals surface area contributed by atoms with Crippen LogP contribution in [0.3, 0.4) is 0 Å². The number of piperidine rings is 1. The highest BCUT2D eigenvalue weighted by Gasteiger charge is 2.44. The molecule has 6 fully saturated rings. The monoisotopic (exact) mass is 1880 g/mol. The largest absolute Gasteiger partial charge is 0.480 e. The molecule has 0 spiro atoms. The van der Waals surface area contributed by atoms with E-state index in [0.717, 1.165) is 62.4 Å². The number of piperazine rings is 3. The zero-order valence-electron chi connectivity index (χ0n) is 72.5. The lowest BCUT2D eigenvalue weighted by Gasteiger charge is -2.33. The molecule has 6 N–H and O–H groups in total. The molecular formula is C83H129N15O16S9. The van der Waals surface area contributed by atoms with Gasteiger partial charge in [-0.2, -0.15) is 113 Å². The van der Waals surface area contributed by atoms with Crippen LogP contribution >= 0.6 is 113 Å². The Kier molecular flexibility index (Phi) is 50.3. The first-order valence-corrected chi connectivity index (χ1v) is 48.4. The molecule has 10 heterocycles. The third-order valence-corrected chi connectivity index (χ3v) is 23.3. The molecule has 31 nitrogen and oxygen atoms in total. The van der Waals surface area contributed by atoms with Crippen LogP contribution in [0, 0.1) is 17.8 Å². The average Bonchev–Trinajstić information content (AvgIpc) is 1.64. The van der Waals surface area contributed by atoms with Gasteiger partial charge in [-0.15, -0.1) is 0 Å². The number of hydrogen-bond donors (Lipinski definition) is 14. The van der Waals surface area contributed by atoms with Crippen LogP contribution in [-0.2, 0) is 89.2 Å². The van der Waals surface area contributed by atoms with Gasteiger partial charge in [0.2, 0.25) is 88.5 Å². The Labute approximate surface area is 773 Å². The zero-order chi connectivity index (χ0) is 90.7. The summed E-state index contributed by atoms with van der Waals surface area (Å²) in [5, 5.41) is 15.9. The molecule has 6 saturated heterocycles. The molecule has 123 heavy (non-hydrogen) atoms. The zero-order valence-corrected chi connectivity index (χ0v) is 80.5. The summed E-state index contributed by atoms with van der Waals surface area (Å²) >= 11 is 34.4. The molecule has 686 valence electrons. The molecule has 0 saturated carbocycles. The number of nitrogens with one attached hydrogen (secondary N) is 6. The van der Waals surface area contributed by atoms with E-state index in [0.29, 0.717) is 153 Å². The first kappa shape index (κ1) is 107. The second-order valence-electron chi connectivity index (χ2n) is 29.4. The summed E-state index contributed by atoms with van der Waals surface area (Å²) in [4.78, 5) is 139. The van der Waals surface area contributed by atoms with E-state index in [2.05, 4.69) is 189 Å². The van der Waals surface area contributed by atoms with Crippen LogP contribution in [-0.4, -0.2) is 313 Å². The molecule has 0 aromatic heterocycles. The van der Waals surface area contributed by atoms with E-state index in [-0.39, 0.29) is 119 Å². The second kappa shape index (κ2) is 57.9. The fraction of sp³-hybridized carbons (Fsp3) is 0.663. The Morgan fingerprint density at radius 1 is 0.398 bits per heavy atom. The summed E-state index contributed by atoms with van der Waals surface area (Å²) in [6.45, 7) is 28.0. The number of Topliss-reactive ketones (excluding diaryl/α,β-unsaturated/α-hetero) is 1. The minimum atomic E-state index is -0.516. The summed E-state index contributed by atoms with van der Waals surface area (Å²) in [6, 6.07) is 16.3. The van der Waals surface area contributed by atoms with Crippen molar-refractivity contribution in [1.29, 1.82) is 0 Å². The predicted molar refractivity (Wildman–Crippen MR) is 514 cm³/mol. The number of fused-ring (bicyclic) bond motifs is 2. The van der Waals surface area contributed by atoms with Gasteiger partial charge in [-0.25, -0.2) is 34.9 Å². The maximum Gasteiger partial charge on any atom is 0.249 e. The molecule has 2 aromatic rings. The van der Waals surface area contributed by atoms with Crippen LogP contribution < -0.4 is 31.9 Å². The van der Waals surface area contributed by atoms with Gasteiger partial charge in [-0.05, 0) is 103 Å². The summed E-state index contributed by atoms with van der Waals surface area (Å²) in [6.07, 6.45) is 7.41. The van der Waals surface area contributed by atoms with Gasteiger partial charge in [0.25, 0.3) is 0 Å². The number of ether oxygens (including phenoxy) is 7. The molecule has 0 radical (unpaired) electrons. The third kappa shape index (κ3) is 33.5. The standard InChI is InChI=1S/C16H22N2O2S.C12H14N2O2S.C12H22N2O2S.C11H18N2O2S.C9H16N2O2S.C9H15NO2S.C8H12N2O2S.C6H10N2O2S2/c1-3-19-15-13(10-12-8-6-5-7-9-12)17-16(20-4-2)14(11-21)18-15;15-11-9(6-8-4-2-1-3-5-8)13-12(16)10(7-17)14-11;1-5-15-11-9(7-17)13-12(16-6-2)10(14-11)8(3)4;1-3-15-10-9-5-4-6-13(9)11(14)8(12-10)7-16-2;1-3-12-8-5-10-9(13-4-2)7(6-14)11-8;1-5(2)8-7(11)3-6(4-13)9(12)10-8;11-7-6-2-1-3-10(6)8(12)5(4-13)9-7;9-5-3(1-11)7-6(10)4(2-12)8-5/h5-9,13-14,21H,3-4,10-11H2,1-2H3;1-5,9-10,17H,6-7H2,(H,13,16)(H,14,15);8-10,17H,5-7H2,1-4H3;8-9H,3-7H2,1-2H3;7,14H,3-6H2,1-2H3;5-6,8,13H,3-4H2,1-2H3,(H,10,12);5-6,13H,1-4H2,(H,9,11);3-4,11-12H,1-2H2,(H,7,10)(H,8,9)/t13-,14+;2*9-,10+;8-,9+;7-;6-,8+;5-,6+;3-,4+/m1100000./s1. The van der Waals surface area contributed by atoms with Gasteiger partial charge in [-0.3, -0.25) is 43.2 Å². The second-order valence-corrected chi connectivity index (χ2v) is 33.2. The van der Waals surface area contributed by atoms with Gasteiger partial charge in [0.15, 0.2) is 5.78 Å². The molecule has 40 heteroatoms. The number of thioether (sulfide) groups is 1. The Hall–Kier alpha value is -6.69. The van der Waals surface area contributed by atoms with Crippen molar-refractivity contribution in [2.45, 2.75) is 206 Å². The van der Waals surface area contributed by atoms with Crippen molar-refractivity contribution in [3.63, 3.8) is 0 Å². The maximum atomic E-state index is 12.1. The highest BCUT2D eigenvalue weighted by molar-refractivity contribution is 7.98. The quantitative estimate of drug-likeness (QED) is 0.0541. The van der Waals surface area contributed by atoms with Crippen molar-refractivity contribution < 1.29 is 76.3 Å². The molecule has 0 unspecified atom stereocenters. The topological polar surface area (TPSA) is 383 Å². The highest BCUT2D eigenvalue weighted by Crippen LogP contribution is 2.28. The number of carbonyl (C=O) groups excluding carboxylic acids is 9. The molecule has 12 rings (SSSR count). The molecule has 2 aromatic carbocycles. The van der Waals surface area contributed by atoms with Crippen molar-refractivity contribution in [2.24, 2.45) is 52.7 Å². The van der Waals surface area contributed by atoms with Gasteiger partial charge >= 0.3 is 0 Å². The molecular weight excluding hydrogens is 1750 g/mol. The lowest BCUT2D eigenvalue weighted by molar-refractivity contribution is -0.146. The molecule has 10 aliphatic heterocycles. The van der Waals surface area contributed by atoms with E-state index in [1.807, 2.05) is 122 Å². The molecule has 0 aliphatic carbocycles. The van der Waals surface area contributed by atoms with E-state index in [9.17, 15) is 43.2 Å². The summed E-state index contributed by atoms with van der Waals surface area (Å²) in [5.74, 6) is 9.02. The number of rotatable bonds is 23. The minimum Gasteiger partial charge on any atom is -0.480 e. The Morgan fingerprint density at radius 2 is 0.805 bits per heavy atom. The van der Waals surface area contributed by atoms with Gasteiger partial charge in [-0.1, -0.05) is 88.4 Å². The van der Waals surface area contributed by atoms with Gasteiger partial charge in [0.05, 0.1) is 58.2 Å². The molecule has 10 aliphatic rings. The first-order valence-electron chi connectivity index (χ1n) is 42.0. The average molecular weight is 1880 g/mol. The molecule has 8 amide bonds. The van der Waals surface area contributed by atoms with Crippen molar-refractivity contribution in [2.75, 3.05) is 124 Å². The van der Waals surface area contributed by atoms with Crippen molar-refractivity contribution in [3.8, 4) is 0 Å². The fourth-order valence-electron chi connectivity index (χ4n) is 13.6. The first-order chi connectivity index (χ1) is 59.2. The summed E-state index contributed by atoms with van der Waals surface area (Å²) in [5.41, 5.74) is 2.23. The number of hydrogen-bond acceptors (Lipinski definition) is 32. The molecule has 15 atom stereocenters. The van der Waals surface area contributed by atoms with Crippen molar-refractivity contribution in [3.05, 3.63) is 71.8 Å². The van der Waals surface area contributed by atoms with E-state index >= 15 is 0 Å². The van der Waals surface area contributed by atoms with Gasteiger partial charge < -0.3 is 74.9 Å². The Morgan fingerprint density at radius 3 is 1.28 bits per heavy atom. The number of benzene rings is 2. The number of aliphatic imine (C=N–C) groups is 7. The summed E-state index contributed by atoms with van der Waals surface area (Å²) < 4.78 is 38.6. The number of amides is 8.